The van der Waals surface area contributed by atoms with Gasteiger partial charge < -0.3 is 14.6 Å². The average Bonchev–Trinajstić information content (AvgIpc) is 2.80. The highest BCUT2D eigenvalue weighted by Gasteiger charge is 2.20. The van der Waals surface area contributed by atoms with Gasteiger partial charge in [0.25, 0.3) is 11.5 Å². The van der Waals surface area contributed by atoms with E-state index in [0.29, 0.717) is 10.9 Å². The van der Waals surface area contributed by atoms with Crippen LogP contribution in [0, 0.1) is 5.82 Å². The van der Waals surface area contributed by atoms with E-state index in [4.69, 9.17) is 4.74 Å². The molecule has 1 N–H and O–H groups in total. The lowest BCUT2D eigenvalue weighted by Crippen LogP contribution is -2.33. The number of nitrogens with one attached hydrogen (secondary N) is 1. The highest BCUT2D eigenvalue weighted by molar-refractivity contribution is 6.06. The lowest BCUT2D eigenvalue weighted by atomic mass is 10.0. The molecule has 5 nitrogen and oxygen atoms in total. The van der Waals surface area contributed by atoms with Crippen molar-refractivity contribution in [3.8, 4) is 5.75 Å². The number of aryl methyl sites for hydroxylation is 1. The van der Waals surface area contributed by atoms with Crippen molar-refractivity contribution in [3.63, 3.8) is 0 Å². The SMILES string of the molecule is Cn1c(=O)cc(C(=O)NC(COc2ccccc2F)c2ccccc2)c2ccccc21. The Morgan fingerprint density at radius 2 is 1.68 bits per heavy atom. The number of fused-ring (bicyclic) bond motifs is 1. The zero-order chi connectivity index (χ0) is 21.8. The van der Waals surface area contributed by atoms with Crippen LogP contribution in [0.1, 0.15) is 22.0 Å². The van der Waals surface area contributed by atoms with Crippen molar-refractivity contribution in [2.24, 2.45) is 7.05 Å². The molecule has 0 aliphatic carbocycles. The van der Waals surface area contributed by atoms with E-state index >= 15 is 0 Å². The summed E-state index contributed by atoms with van der Waals surface area (Å²) in [6.45, 7) is 0.0272. The monoisotopic (exact) mass is 416 g/mol. The fraction of sp³-hybridized carbons (Fsp3) is 0.120. The van der Waals surface area contributed by atoms with Crippen LogP contribution in [0.4, 0.5) is 4.39 Å². The van der Waals surface area contributed by atoms with Gasteiger partial charge in [-0.3, -0.25) is 9.59 Å². The fourth-order valence-corrected chi connectivity index (χ4v) is 3.48. The zero-order valence-electron chi connectivity index (χ0n) is 16.9. The number of amides is 1. The third-order valence-corrected chi connectivity index (χ3v) is 5.15. The molecule has 31 heavy (non-hydrogen) atoms. The molecule has 156 valence electrons. The number of para-hydroxylation sites is 2. The van der Waals surface area contributed by atoms with Gasteiger partial charge in [-0.05, 0) is 23.8 Å². The average molecular weight is 416 g/mol. The Labute approximate surface area is 178 Å². The van der Waals surface area contributed by atoms with E-state index < -0.39 is 17.8 Å². The first-order valence-electron chi connectivity index (χ1n) is 9.86. The van der Waals surface area contributed by atoms with E-state index in [1.165, 1.54) is 22.8 Å². The van der Waals surface area contributed by atoms with Crippen molar-refractivity contribution >= 4 is 16.8 Å². The van der Waals surface area contributed by atoms with E-state index in [0.717, 1.165) is 5.56 Å². The molecule has 0 aliphatic heterocycles. The number of nitrogens with zero attached hydrogens (tertiary/aromatic N) is 1. The molecule has 1 unspecified atom stereocenters. The van der Waals surface area contributed by atoms with Crippen molar-refractivity contribution in [2.75, 3.05) is 6.61 Å². The molecule has 0 aliphatic rings. The quantitative estimate of drug-likeness (QED) is 0.512. The number of rotatable bonds is 6. The van der Waals surface area contributed by atoms with Crippen molar-refractivity contribution in [1.29, 1.82) is 0 Å². The second-order valence-electron chi connectivity index (χ2n) is 7.15. The van der Waals surface area contributed by atoms with Crippen molar-refractivity contribution in [2.45, 2.75) is 6.04 Å². The second-order valence-corrected chi connectivity index (χ2v) is 7.15. The van der Waals surface area contributed by atoms with Crippen LogP contribution in [0.5, 0.6) is 5.75 Å². The van der Waals surface area contributed by atoms with E-state index in [1.54, 1.807) is 31.3 Å². The van der Waals surface area contributed by atoms with E-state index in [1.807, 2.05) is 42.5 Å². The number of hydrogen-bond acceptors (Lipinski definition) is 3. The summed E-state index contributed by atoms with van der Waals surface area (Å²) in [5.74, 6) is -0.769. The molecular weight excluding hydrogens is 395 g/mol. The Kier molecular flexibility index (Phi) is 5.80. The molecule has 6 heteroatoms. The van der Waals surface area contributed by atoms with Gasteiger partial charge in [0, 0.05) is 18.5 Å². The molecule has 1 atom stereocenters. The molecular formula is C25H21FN2O3. The van der Waals surface area contributed by atoms with Crippen LogP contribution in [0.25, 0.3) is 10.9 Å². The Morgan fingerprint density at radius 3 is 2.45 bits per heavy atom. The van der Waals surface area contributed by atoms with Gasteiger partial charge in [-0.2, -0.15) is 0 Å². The van der Waals surface area contributed by atoms with Gasteiger partial charge in [-0.15, -0.1) is 0 Å². The van der Waals surface area contributed by atoms with Crippen LogP contribution in [0.3, 0.4) is 0 Å². The first-order valence-corrected chi connectivity index (χ1v) is 9.86. The maximum absolute atomic E-state index is 14.0. The molecule has 1 heterocycles. The third kappa shape index (κ3) is 4.33. The number of aromatic nitrogens is 1. The number of hydrogen-bond donors (Lipinski definition) is 1. The molecule has 0 radical (unpaired) electrons. The normalized spacial score (nSPS) is 11.8. The Balaban J connectivity index is 1.65. The first-order chi connectivity index (χ1) is 15.0. The van der Waals surface area contributed by atoms with Gasteiger partial charge in [0.15, 0.2) is 11.6 Å². The molecule has 4 rings (SSSR count). The van der Waals surface area contributed by atoms with Crippen LogP contribution in [0.2, 0.25) is 0 Å². The number of carbonyl (C=O) groups excluding carboxylic acids is 1. The molecule has 0 bridgehead atoms. The summed E-state index contributed by atoms with van der Waals surface area (Å²) in [5, 5.41) is 3.61. The Morgan fingerprint density at radius 1 is 1.00 bits per heavy atom. The molecule has 3 aromatic carbocycles. The van der Waals surface area contributed by atoms with Gasteiger partial charge in [0.05, 0.1) is 17.1 Å². The largest absolute Gasteiger partial charge is 0.488 e. The van der Waals surface area contributed by atoms with Crippen LogP contribution in [-0.4, -0.2) is 17.1 Å². The maximum Gasteiger partial charge on any atom is 0.252 e. The van der Waals surface area contributed by atoms with Gasteiger partial charge >= 0.3 is 0 Å². The van der Waals surface area contributed by atoms with Crippen LogP contribution in [0.15, 0.2) is 89.7 Å². The molecule has 0 fully saturated rings. The topological polar surface area (TPSA) is 60.3 Å². The highest BCUT2D eigenvalue weighted by Crippen LogP contribution is 2.21. The summed E-state index contributed by atoms with van der Waals surface area (Å²) in [5.41, 5.74) is 1.48. The molecule has 1 amide bonds. The summed E-state index contributed by atoms with van der Waals surface area (Å²) in [4.78, 5) is 25.6. The third-order valence-electron chi connectivity index (χ3n) is 5.15. The summed E-state index contributed by atoms with van der Waals surface area (Å²) in [6.07, 6.45) is 0. The smallest absolute Gasteiger partial charge is 0.252 e. The molecule has 0 saturated carbocycles. The molecule has 0 saturated heterocycles. The summed E-state index contributed by atoms with van der Waals surface area (Å²) < 4.78 is 21.1. The minimum atomic E-state index is -0.545. The standard InChI is InChI=1S/C25H21FN2O3/c1-28-22-13-7-5-11-18(22)19(15-24(28)29)25(30)27-21(17-9-3-2-4-10-17)16-31-23-14-8-6-12-20(23)26/h2-15,21H,16H2,1H3,(H,27,30). The first kappa shape index (κ1) is 20.3. The number of carbonyl (C=O) groups is 1. The van der Waals surface area contributed by atoms with Gasteiger partial charge in [-0.1, -0.05) is 60.7 Å². The minimum Gasteiger partial charge on any atom is -0.488 e. The fourth-order valence-electron chi connectivity index (χ4n) is 3.48. The van der Waals surface area contributed by atoms with Gasteiger partial charge in [0.1, 0.15) is 6.61 Å². The molecule has 0 spiro atoms. The lowest BCUT2D eigenvalue weighted by Gasteiger charge is -2.21. The summed E-state index contributed by atoms with van der Waals surface area (Å²) in [7, 11) is 1.67. The van der Waals surface area contributed by atoms with Crippen LogP contribution < -0.4 is 15.6 Å². The molecule has 1 aromatic heterocycles. The van der Waals surface area contributed by atoms with Crippen molar-refractivity contribution in [1.82, 2.24) is 9.88 Å². The highest BCUT2D eigenvalue weighted by atomic mass is 19.1. The maximum atomic E-state index is 14.0. The number of halogens is 1. The predicted molar refractivity (Wildman–Crippen MR) is 118 cm³/mol. The van der Waals surface area contributed by atoms with Crippen LogP contribution >= 0.6 is 0 Å². The van der Waals surface area contributed by atoms with Gasteiger partial charge in [-0.25, -0.2) is 4.39 Å². The van der Waals surface area contributed by atoms with E-state index in [2.05, 4.69) is 5.32 Å². The van der Waals surface area contributed by atoms with Crippen LogP contribution in [-0.2, 0) is 7.05 Å². The minimum absolute atomic E-state index is 0.0272. The summed E-state index contributed by atoms with van der Waals surface area (Å²) >= 11 is 0. The van der Waals surface area contributed by atoms with Crippen molar-refractivity contribution in [3.05, 3.63) is 112 Å². The number of pyridine rings is 1. The van der Waals surface area contributed by atoms with Crippen molar-refractivity contribution < 1.29 is 13.9 Å². The van der Waals surface area contributed by atoms with E-state index in [9.17, 15) is 14.0 Å². The zero-order valence-corrected chi connectivity index (χ0v) is 16.9. The summed E-state index contributed by atoms with van der Waals surface area (Å²) in [6, 6.07) is 23.4. The Hall–Kier alpha value is -3.93. The number of benzene rings is 3. The second kappa shape index (κ2) is 8.83. The van der Waals surface area contributed by atoms with Gasteiger partial charge in [0.2, 0.25) is 0 Å². The van der Waals surface area contributed by atoms with E-state index in [-0.39, 0.29) is 23.5 Å². The Bertz CT molecular complexity index is 1280. The number of ether oxygens (including phenoxy) is 1. The predicted octanol–water partition coefficient (Wildman–Crippen LogP) is 4.23. The lowest BCUT2D eigenvalue weighted by molar-refractivity contribution is 0.0922. The molecule has 4 aromatic rings.